The van der Waals surface area contributed by atoms with Crippen molar-refractivity contribution in [2.24, 2.45) is 0 Å². The Kier molecular flexibility index (Phi) is 5.77. The molecule has 1 aromatic rings. The highest BCUT2D eigenvalue weighted by Crippen LogP contribution is 2.04. The first-order valence-corrected chi connectivity index (χ1v) is 5.75. The Morgan fingerprint density at radius 2 is 2.27 bits per heavy atom. The fourth-order valence-electron chi connectivity index (χ4n) is 1.35. The molecule has 1 aromatic carbocycles. The van der Waals surface area contributed by atoms with Crippen molar-refractivity contribution < 1.29 is 0 Å². The molecule has 1 rings (SSSR count). The third kappa shape index (κ3) is 5.22. The highest BCUT2D eigenvalue weighted by molar-refractivity contribution is 6.36. The molecule has 15 heavy (non-hydrogen) atoms. The lowest BCUT2D eigenvalue weighted by Gasteiger charge is -2.04. The molecular formula is C12H15Cl2N. The van der Waals surface area contributed by atoms with E-state index in [2.05, 4.69) is 36.5 Å². The zero-order valence-electron chi connectivity index (χ0n) is 8.76. The van der Waals surface area contributed by atoms with Crippen LogP contribution in [0, 0.1) is 6.92 Å². The molecule has 0 amide bonds. The van der Waals surface area contributed by atoms with Crippen molar-refractivity contribution in [2.75, 3.05) is 13.1 Å². The van der Waals surface area contributed by atoms with Crippen molar-refractivity contribution in [1.82, 2.24) is 5.32 Å². The fraction of sp³-hybridized carbons (Fsp3) is 0.333. The van der Waals surface area contributed by atoms with Crippen LogP contribution in [0.25, 0.3) is 0 Å². The summed E-state index contributed by atoms with van der Waals surface area (Å²) in [5.41, 5.74) is 4.03. The molecule has 0 saturated carbocycles. The first kappa shape index (κ1) is 12.6. The van der Waals surface area contributed by atoms with Crippen LogP contribution in [0.4, 0.5) is 0 Å². The lowest BCUT2D eigenvalue weighted by Crippen LogP contribution is -2.18. The van der Waals surface area contributed by atoms with Crippen molar-refractivity contribution in [2.45, 2.75) is 13.3 Å². The Balaban J connectivity index is 2.26. The average Bonchev–Trinajstić information content (AvgIpc) is 2.24. The second-order valence-corrected chi connectivity index (χ2v) is 4.18. The van der Waals surface area contributed by atoms with Crippen LogP contribution in [0.2, 0.25) is 0 Å². The van der Waals surface area contributed by atoms with Crippen LogP contribution in [0.5, 0.6) is 0 Å². The second kappa shape index (κ2) is 6.89. The lowest BCUT2D eigenvalue weighted by molar-refractivity contribution is 0.740. The van der Waals surface area contributed by atoms with Gasteiger partial charge in [-0.05, 0) is 25.5 Å². The van der Waals surface area contributed by atoms with Crippen molar-refractivity contribution >= 4 is 23.2 Å². The van der Waals surface area contributed by atoms with E-state index < -0.39 is 0 Å². The first-order chi connectivity index (χ1) is 7.22. The van der Waals surface area contributed by atoms with Gasteiger partial charge in [-0.2, -0.15) is 0 Å². The van der Waals surface area contributed by atoms with Gasteiger partial charge in [-0.15, -0.1) is 0 Å². The minimum Gasteiger partial charge on any atom is -0.311 e. The average molecular weight is 244 g/mol. The number of hydrogen-bond acceptors (Lipinski definition) is 1. The molecule has 0 aliphatic rings. The van der Waals surface area contributed by atoms with E-state index >= 15 is 0 Å². The summed E-state index contributed by atoms with van der Waals surface area (Å²) in [7, 11) is 0. The molecule has 1 nitrogen and oxygen atoms in total. The van der Waals surface area contributed by atoms with Gasteiger partial charge in [-0.25, -0.2) is 0 Å². The number of nitrogens with one attached hydrogen (secondary N) is 1. The zero-order chi connectivity index (χ0) is 11.1. The molecule has 82 valence electrons. The highest BCUT2D eigenvalue weighted by Gasteiger charge is 1.94. The van der Waals surface area contributed by atoms with Crippen LogP contribution < -0.4 is 5.32 Å². The van der Waals surface area contributed by atoms with Gasteiger partial charge in [-0.1, -0.05) is 53.0 Å². The van der Waals surface area contributed by atoms with Crippen LogP contribution in [0.1, 0.15) is 11.1 Å². The van der Waals surface area contributed by atoms with Crippen molar-refractivity contribution in [3.63, 3.8) is 0 Å². The Morgan fingerprint density at radius 1 is 1.47 bits per heavy atom. The Hall–Kier alpha value is -0.500. The maximum Gasteiger partial charge on any atom is 0.0431 e. The fourth-order valence-corrected chi connectivity index (χ4v) is 1.52. The first-order valence-electron chi connectivity index (χ1n) is 4.93. The summed E-state index contributed by atoms with van der Waals surface area (Å²) in [6.07, 6.45) is 1.01. The molecule has 0 bridgehead atoms. The van der Waals surface area contributed by atoms with Crippen LogP contribution in [0.15, 0.2) is 34.8 Å². The predicted octanol–water partition coefficient (Wildman–Crippen LogP) is 3.45. The highest BCUT2D eigenvalue weighted by atomic mass is 35.5. The lowest BCUT2D eigenvalue weighted by atomic mass is 10.1. The normalized spacial score (nSPS) is 11.8. The second-order valence-electron chi connectivity index (χ2n) is 3.47. The molecule has 0 radical (unpaired) electrons. The minimum absolute atomic E-state index is 0.636. The van der Waals surface area contributed by atoms with Gasteiger partial charge in [0.1, 0.15) is 0 Å². The summed E-state index contributed by atoms with van der Waals surface area (Å²) in [6, 6.07) is 8.51. The van der Waals surface area contributed by atoms with E-state index in [1.165, 1.54) is 16.7 Å². The smallest absolute Gasteiger partial charge is 0.0431 e. The molecule has 0 atom stereocenters. The van der Waals surface area contributed by atoms with Crippen molar-refractivity contribution in [3.05, 3.63) is 46.0 Å². The molecule has 0 aromatic heterocycles. The van der Waals surface area contributed by atoms with E-state index in [-0.39, 0.29) is 0 Å². The largest absolute Gasteiger partial charge is 0.311 e. The third-order valence-electron chi connectivity index (χ3n) is 2.09. The topological polar surface area (TPSA) is 12.0 Å². The quantitative estimate of drug-likeness (QED) is 0.782. The summed E-state index contributed by atoms with van der Waals surface area (Å²) < 4.78 is 0. The number of halogens is 2. The Morgan fingerprint density at radius 3 is 2.93 bits per heavy atom. The predicted molar refractivity (Wildman–Crippen MR) is 67.5 cm³/mol. The van der Waals surface area contributed by atoms with Crippen molar-refractivity contribution in [1.29, 1.82) is 0 Å². The SMILES string of the molecule is Cc1cccc(CCNCC(Cl)=CCl)c1. The number of aryl methyl sites for hydroxylation is 1. The molecule has 0 saturated heterocycles. The molecule has 0 fully saturated rings. The van der Waals surface area contributed by atoms with Crippen LogP contribution in [-0.4, -0.2) is 13.1 Å². The van der Waals surface area contributed by atoms with E-state index in [9.17, 15) is 0 Å². The van der Waals surface area contributed by atoms with Crippen LogP contribution in [-0.2, 0) is 6.42 Å². The Bertz CT molecular complexity index is 334. The zero-order valence-corrected chi connectivity index (χ0v) is 10.3. The molecular weight excluding hydrogens is 229 g/mol. The van der Waals surface area contributed by atoms with E-state index in [1.54, 1.807) is 0 Å². The van der Waals surface area contributed by atoms with E-state index in [0.717, 1.165) is 13.0 Å². The molecule has 3 heteroatoms. The third-order valence-corrected chi connectivity index (χ3v) is 2.70. The summed E-state index contributed by atoms with van der Waals surface area (Å²) in [5.74, 6) is 0. The molecule has 0 heterocycles. The van der Waals surface area contributed by atoms with E-state index in [0.29, 0.717) is 11.6 Å². The van der Waals surface area contributed by atoms with E-state index in [1.807, 2.05) is 0 Å². The summed E-state index contributed by atoms with van der Waals surface area (Å²) in [5, 5.41) is 3.86. The van der Waals surface area contributed by atoms with Gasteiger partial charge in [0.2, 0.25) is 0 Å². The van der Waals surface area contributed by atoms with Gasteiger partial charge in [0, 0.05) is 17.1 Å². The van der Waals surface area contributed by atoms with Gasteiger partial charge in [0.15, 0.2) is 0 Å². The standard InChI is InChI=1S/C12H15Cl2N/c1-10-3-2-4-11(7-10)5-6-15-9-12(14)8-13/h2-4,7-8,15H,5-6,9H2,1H3. The van der Waals surface area contributed by atoms with Crippen molar-refractivity contribution in [3.8, 4) is 0 Å². The maximum absolute atomic E-state index is 5.74. The molecule has 0 spiro atoms. The monoisotopic (exact) mass is 243 g/mol. The number of hydrogen-bond donors (Lipinski definition) is 1. The maximum atomic E-state index is 5.74. The van der Waals surface area contributed by atoms with Gasteiger partial charge < -0.3 is 5.32 Å². The molecule has 0 aliphatic heterocycles. The van der Waals surface area contributed by atoms with Gasteiger partial charge >= 0.3 is 0 Å². The van der Waals surface area contributed by atoms with E-state index in [4.69, 9.17) is 23.2 Å². The summed E-state index contributed by atoms with van der Waals surface area (Å²) in [4.78, 5) is 0. The van der Waals surface area contributed by atoms with Gasteiger partial charge in [-0.3, -0.25) is 0 Å². The number of rotatable bonds is 5. The number of benzene rings is 1. The summed E-state index contributed by atoms with van der Waals surface area (Å²) >= 11 is 11.2. The van der Waals surface area contributed by atoms with Gasteiger partial charge in [0.05, 0.1) is 0 Å². The minimum atomic E-state index is 0.636. The van der Waals surface area contributed by atoms with Crippen LogP contribution in [0.3, 0.4) is 0 Å². The Labute approximate surface area is 101 Å². The molecule has 0 unspecified atom stereocenters. The van der Waals surface area contributed by atoms with Gasteiger partial charge in [0.25, 0.3) is 0 Å². The van der Waals surface area contributed by atoms with Crippen LogP contribution >= 0.6 is 23.2 Å². The molecule has 0 aliphatic carbocycles. The molecule has 1 N–H and O–H groups in total. The summed E-state index contributed by atoms with van der Waals surface area (Å²) in [6.45, 7) is 3.64.